The molecule has 0 saturated heterocycles. The summed E-state index contributed by atoms with van der Waals surface area (Å²) in [7, 11) is -4.63. The van der Waals surface area contributed by atoms with Gasteiger partial charge in [-0.2, -0.15) is 21.6 Å². The van der Waals surface area contributed by atoms with Crippen molar-refractivity contribution < 1.29 is 40.0 Å². The molecule has 0 radical (unpaired) electrons. The molecule has 0 bridgehead atoms. The Labute approximate surface area is 130 Å². The van der Waals surface area contributed by atoms with Crippen LogP contribution < -0.4 is 8.92 Å². The van der Waals surface area contributed by atoms with Gasteiger partial charge in [0, 0.05) is 6.08 Å². The minimum absolute atomic E-state index is 0.0621. The Morgan fingerprint density at radius 3 is 2.43 bits per heavy atom. The number of hydrogen-bond acceptors (Lipinski definition) is 6. The van der Waals surface area contributed by atoms with Gasteiger partial charge in [0.25, 0.3) is 0 Å². The Bertz CT molecular complexity index is 694. The molecule has 0 unspecified atom stereocenters. The van der Waals surface area contributed by atoms with E-state index >= 15 is 0 Å². The maximum absolute atomic E-state index is 12.3. The average Bonchev–Trinajstić information content (AvgIpc) is 2.46. The van der Waals surface area contributed by atoms with Crippen molar-refractivity contribution >= 4 is 22.2 Å². The van der Waals surface area contributed by atoms with Crippen LogP contribution in [0.3, 0.4) is 0 Å². The van der Waals surface area contributed by atoms with Crippen molar-refractivity contribution in [3.63, 3.8) is 0 Å². The zero-order chi connectivity index (χ0) is 17.7. The molecule has 1 rings (SSSR count). The number of benzene rings is 1. The van der Waals surface area contributed by atoms with Gasteiger partial charge < -0.3 is 13.7 Å². The van der Waals surface area contributed by atoms with Crippen LogP contribution >= 0.6 is 0 Å². The monoisotopic (exact) mass is 354 g/mol. The smallest absolute Gasteiger partial charge is 0.490 e. The minimum Gasteiger partial charge on any atom is -0.490 e. The largest absolute Gasteiger partial charge is 0.534 e. The summed E-state index contributed by atoms with van der Waals surface area (Å²) >= 11 is 0. The Balaban J connectivity index is 3.15. The van der Waals surface area contributed by atoms with E-state index in [0.29, 0.717) is 5.56 Å². The lowest BCUT2D eigenvalue weighted by molar-refractivity contribution is -0.134. The molecule has 0 amide bonds. The molecular formula is C13H13F3O6S. The number of carbonyl (C=O) groups excluding carboxylic acids is 1. The van der Waals surface area contributed by atoms with Gasteiger partial charge in [0.05, 0.1) is 13.7 Å². The van der Waals surface area contributed by atoms with Crippen LogP contribution in [0.5, 0.6) is 11.5 Å². The van der Waals surface area contributed by atoms with Crippen molar-refractivity contribution in [3.8, 4) is 11.5 Å². The van der Waals surface area contributed by atoms with Gasteiger partial charge >= 0.3 is 21.6 Å². The van der Waals surface area contributed by atoms with Crippen LogP contribution in [-0.4, -0.2) is 33.6 Å². The molecule has 0 aromatic heterocycles. The molecule has 0 spiro atoms. The molecule has 128 valence electrons. The van der Waals surface area contributed by atoms with Gasteiger partial charge in [-0.1, -0.05) is 6.07 Å². The molecule has 1 aromatic carbocycles. The Hall–Kier alpha value is -2.23. The topological polar surface area (TPSA) is 78.9 Å². The van der Waals surface area contributed by atoms with E-state index < -0.39 is 27.3 Å². The second kappa shape index (κ2) is 7.36. The Morgan fingerprint density at radius 2 is 1.91 bits per heavy atom. The first-order chi connectivity index (χ1) is 10.6. The van der Waals surface area contributed by atoms with E-state index in [1.54, 1.807) is 6.92 Å². The third kappa shape index (κ3) is 5.16. The first-order valence-electron chi connectivity index (χ1n) is 6.14. The van der Waals surface area contributed by atoms with E-state index in [-0.39, 0.29) is 12.4 Å². The number of rotatable bonds is 6. The molecule has 6 nitrogen and oxygen atoms in total. The quantitative estimate of drug-likeness (QED) is 0.338. The molecule has 0 saturated carbocycles. The number of carbonyl (C=O) groups is 1. The number of alkyl halides is 3. The highest BCUT2D eigenvalue weighted by atomic mass is 32.2. The molecule has 0 N–H and O–H groups in total. The Morgan fingerprint density at radius 1 is 1.26 bits per heavy atom. The highest BCUT2D eigenvalue weighted by Crippen LogP contribution is 2.34. The van der Waals surface area contributed by atoms with Crippen molar-refractivity contribution in [2.45, 2.75) is 12.4 Å². The SMILES string of the molecule is CCOc1cc(/C=C/C(=O)OC)ccc1OS(=O)(=O)C(F)(F)F. The fourth-order valence-electron chi connectivity index (χ4n) is 1.36. The van der Waals surface area contributed by atoms with Crippen molar-refractivity contribution in [1.29, 1.82) is 0 Å². The number of methoxy groups -OCH3 is 1. The van der Waals surface area contributed by atoms with Gasteiger partial charge in [-0.25, -0.2) is 4.79 Å². The molecule has 0 aliphatic heterocycles. The normalized spacial score (nSPS) is 12.2. The van der Waals surface area contributed by atoms with Gasteiger partial charge in [-0.3, -0.25) is 0 Å². The standard InChI is InChI=1S/C13H13F3O6S/c1-3-21-11-8-9(5-7-12(17)20-2)4-6-10(11)22-23(18,19)13(14,15)16/h4-8H,3H2,1-2H3/b7-5+. The van der Waals surface area contributed by atoms with Gasteiger partial charge in [0.1, 0.15) is 0 Å². The summed E-state index contributed by atoms with van der Waals surface area (Å²) in [5.74, 6) is -1.46. The lowest BCUT2D eigenvalue weighted by Crippen LogP contribution is -2.28. The zero-order valence-corrected chi connectivity index (χ0v) is 12.9. The van der Waals surface area contributed by atoms with Gasteiger partial charge in [0.2, 0.25) is 0 Å². The van der Waals surface area contributed by atoms with Crippen LogP contribution in [0, 0.1) is 0 Å². The predicted molar refractivity (Wildman–Crippen MR) is 74.3 cm³/mol. The lowest BCUT2D eigenvalue weighted by atomic mass is 10.2. The molecule has 0 atom stereocenters. The summed E-state index contributed by atoms with van der Waals surface area (Å²) in [6.45, 7) is 1.62. The molecule has 0 aliphatic carbocycles. The summed E-state index contributed by atoms with van der Waals surface area (Å²) in [4.78, 5) is 11.0. The molecule has 23 heavy (non-hydrogen) atoms. The fourth-order valence-corrected chi connectivity index (χ4v) is 1.83. The summed E-state index contributed by atoms with van der Waals surface area (Å²) in [5, 5.41) is 0. The molecule has 10 heteroatoms. The maximum Gasteiger partial charge on any atom is 0.534 e. The van der Waals surface area contributed by atoms with E-state index in [1.807, 2.05) is 0 Å². The summed E-state index contributed by atoms with van der Waals surface area (Å²) < 4.78 is 72.6. The minimum atomic E-state index is -5.81. The molecule has 1 aromatic rings. The molecule has 0 aliphatic rings. The van der Waals surface area contributed by atoms with Crippen molar-refractivity contribution in [2.75, 3.05) is 13.7 Å². The average molecular weight is 354 g/mol. The number of ether oxygens (including phenoxy) is 2. The fraction of sp³-hybridized carbons (Fsp3) is 0.308. The molecular weight excluding hydrogens is 341 g/mol. The zero-order valence-electron chi connectivity index (χ0n) is 12.1. The van der Waals surface area contributed by atoms with E-state index in [9.17, 15) is 26.4 Å². The van der Waals surface area contributed by atoms with Crippen molar-refractivity contribution in [3.05, 3.63) is 29.8 Å². The highest BCUT2D eigenvalue weighted by molar-refractivity contribution is 7.88. The van der Waals surface area contributed by atoms with Crippen LogP contribution in [0.4, 0.5) is 13.2 Å². The Kier molecular flexibility index (Phi) is 6.02. The first-order valence-corrected chi connectivity index (χ1v) is 7.55. The van der Waals surface area contributed by atoms with Crippen LogP contribution in [0.15, 0.2) is 24.3 Å². The molecule has 0 heterocycles. The first kappa shape index (κ1) is 18.8. The van der Waals surface area contributed by atoms with Gasteiger partial charge in [-0.05, 0) is 30.7 Å². The second-order valence-corrected chi connectivity index (χ2v) is 5.52. The van der Waals surface area contributed by atoms with E-state index in [4.69, 9.17) is 4.74 Å². The number of hydrogen-bond donors (Lipinski definition) is 0. The summed E-state index contributed by atoms with van der Waals surface area (Å²) in [5.41, 5.74) is -5.18. The predicted octanol–water partition coefficient (Wildman–Crippen LogP) is 2.50. The second-order valence-electron chi connectivity index (χ2n) is 3.98. The highest BCUT2D eigenvalue weighted by Gasteiger charge is 2.48. The summed E-state index contributed by atoms with van der Waals surface area (Å²) in [6.07, 6.45) is 2.40. The summed E-state index contributed by atoms with van der Waals surface area (Å²) in [6, 6.07) is 3.47. The lowest BCUT2D eigenvalue weighted by Gasteiger charge is -2.13. The maximum atomic E-state index is 12.3. The van der Waals surface area contributed by atoms with Crippen LogP contribution in [0.2, 0.25) is 0 Å². The van der Waals surface area contributed by atoms with E-state index in [0.717, 1.165) is 12.1 Å². The third-order valence-corrected chi connectivity index (χ3v) is 3.33. The van der Waals surface area contributed by atoms with E-state index in [1.165, 1.54) is 25.3 Å². The van der Waals surface area contributed by atoms with Crippen molar-refractivity contribution in [2.24, 2.45) is 0 Å². The number of halogens is 3. The van der Waals surface area contributed by atoms with Crippen LogP contribution in [0.25, 0.3) is 6.08 Å². The van der Waals surface area contributed by atoms with Crippen LogP contribution in [-0.2, 0) is 19.6 Å². The number of esters is 1. The van der Waals surface area contributed by atoms with E-state index in [2.05, 4.69) is 8.92 Å². The third-order valence-electron chi connectivity index (χ3n) is 2.36. The van der Waals surface area contributed by atoms with Gasteiger partial charge in [-0.15, -0.1) is 0 Å². The van der Waals surface area contributed by atoms with Gasteiger partial charge in [0.15, 0.2) is 11.5 Å². The van der Waals surface area contributed by atoms with Crippen molar-refractivity contribution in [1.82, 2.24) is 0 Å². The van der Waals surface area contributed by atoms with Crippen LogP contribution in [0.1, 0.15) is 12.5 Å². The molecule has 0 fully saturated rings.